The molecule has 1 aliphatic heterocycles. The number of amides is 1. The zero-order chi connectivity index (χ0) is 16.9. The Labute approximate surface area is 143 Å². The Kier molecular flexibility index (Phi) is 5.28. The van der Waals surface area contributed by atoms with Crippen LogP contribution in [0.3, 0.4) is 0 Å². The highest BCUT2D eigenvalue weighted by molar-refractivity contribution is 5.94. The van der Waals surface area contributed by atoms with E-state index in [0.29, 0.717) is 0 Å². The summed E-state index contributed by atoms with van der Waals surface area (Å²) in [7, 11) is 0. The van der Waals surface area contributed by atoms with Crippen molar-refractivity contribution in [3.63, 3.8) is 0 Å². The van der Waals surface area contributed by atoms with Crippen molar-refractivity contribution in [2.24, 2.45) is 0 Å². The van der Waals surface area contributed by atoms with Crippen LogP contribution in [-0.4, -0.2) is 47.0 Å². The molecule has 1 fully saturated rings. The Morgan fingerprint density at radius 2 is 1.50 bits per heavy atom. The Bertz CT molecular complexity index is 672. The SMILES string of the molecule is Cc1ccc(C(=O)N2CCN(Cc3ccc(CO)cc3)CC2)cc1. The summed E-state index contributed by atoms with van der Waals surface area (Å²) in [6.07, 6.45) is 0. The number of hydrogen-bond donors (Lipinski definition) is 1. The standard InChI is InChI=1S/C20H24N2O2/c1-16-2-8-19(9-3-16)20(24)22-12-10-21(11-13-22)14-17-4-6-18(15-23)7-5-17/h2-9,23H,10-15H2,1H3. The van der Waals surface area contributed by atoms with Crippen LogP contribution in [0.25, 0.3) is 0 Å². The van der Waals surface area contributed by atoms with Crippen molar-refractivity contribution < 1.29 is 9.90 Å². The van der Waals surface area contributed by atoms with E-state index in [0.717, 1.165) is 43.9 Å². The number of hydrogen-bond acceptors (Lipinski definition) is 3. The fraction of sp³-hybridized carbons (Fsp3) is 0.350. The third kappa shape index (κ3) is 4.02. The van der Waals surface area contributed by atoms with Crippen LogP contribution in [-0.2, 0) is 13.2 Å². The molecule has 4 nitrogen and oxygen atoms in total. The van der Waals surface area contributed by atoms with Gasteiger partial charge in [0.15, 0.2) is 0 Å². The van der Waals surface area contributed by atoms with Crippen LogP contribution >= 0.6 is 0 Å². The minimum absolute atomic E-state index is 0.0834. The van der Waals surface area contributed by atoms with E-state index in [9.17, 15) is 4.79 Å². The lowest BCUT2D eigenvalue weighted by Crippen LogP contribution is -2.48. The molecule has 0 aliphatic carbocycles. The van der Waals surface area contributed by atoms with Crippen molar-refractivity contribution >= 4 is 5.91 Å². The molecule has 0 saturated carbocycles. The smallest absolute Gasteiger partial charge is 0.253 e. The molecular formula is C20H24N2O2. The Morgan fingerprint density at radius 3 is 2.08 bits per heavy atom. The van der Waals surface area contributed by atoms with Crippen LogP contribution < -0.4 is 0 Å². The van der Waals surface area contributed by atoms with Gasteiger partial charge in [-0.05, 0) is 30.2 Å². The van der Waals surface area contributed by atoms with Gasteiger partial charge in [-0.2, -0.15) is 0 Å². The third-order valence-corrected chi connectivity index (χ3v) is 4.57. The first-order valence-electron chi connectivity index (χ1n) is 8.42. The van der Waals surface area contributed by atoms with E-state index < -0.39 is 0 Å². The van der Waals surface area contributed by atoms with Gasteiger partial charge in [0, 0.05) is 38.3 Å². The molecule has 1 N–H and O–H groups in total. The summed E-state index contributed by atoms with van der Waals surface area (Å²) in [4.78, 5) is 16.8. The first-order chi connectivity index (χ1) is 11.7. The summed E-state index contributed by atoms with van der Waals surface area (Å²) in [5.41, 5.74) is 4.12. The van der Waals surface area contributed by atoms with Crippen LogP contribution in [0.4, 0.5) is 0 Å². The van der Waals surface area contributed by atoms with E-state index >= 15 is 0 Å². The number of aliphatic hydroxyl groups is 1. The van der Waals surface area contributed by atoms with Gasteiger partial charge in [0.2, 0.25) is 0 Å². The van der Waals surface area contributed by atoms with Gasteiger partial charge in [-0.25, -0.2) is 0 Å². The lowest BCUT2D eigenvalue weighted by atomic mass is 10.1. The van der Waals surface area contributed by atoms with Gasteiger partial charge in [-0.3, -0.25) is 9.69 Å². The van der Waals surface area contributed by atoms with Crippen molar-refractivity contribution in [3.8, 4) is 0 Å². The Hall–Kier alpha value is -2.17. The van der Waals surface area contributed by atoms with Crippen LogP contribution in [0.15, 0.2) is 48.5 Å². The van der Waals surface area contributed by atoms with E-state index in [1.807, 2.05) is 48.2 Å². The molecule has 0 aromatic heterocycles. The van der Waals surface area contributed by atoms with E-state index in [-0.39, 0.29) is 12.5 Å². The van der Waals surface area contributed by atoms with Crippen molar-refractivity contribution in [1.29, 1.82) is 0 Å². The van der Waals surface area contributed by atoms with E-state index in [4.69, 9.17) is 5.11 Å². The number of rotatable bonds is 4. The van der Waals surface area contributed by atoms with Crippen molar-refractivity contribution in [1.82, 2.24) is 9.80 Å². The van der Waals surface area contributed by atoms with Gasteiger partial charge in [-0.15, -0.1) is 0 Å². The molecule has 0 unspecified atom stereocenters. The molecule has 3 rings (SSSR count). The zero-order valence-electron chi connectivity index (χ0n) is 14.1. The van der Waals surface area contributed by atoms with E-state index in [1.54, 1.807) is 0 Å². The highest BCUT2D eigenvalue weighted by atomic mass is 16.3. The van der Waals surface area contributed by atoms with Crippen LogP contribution in [0.1, 0.15) is 27.0 Å². The molecule has 0 spiro atoms. The number of benzene rings is 2. The van der Waals surface area contributed by atoms with Crippen molar-refractivity contribution in [2.45, 2.75) is 20.1 Å². The summed E-state index contributed by atoms with van der Waals surface area (Å²) < 4.78 is 0. The molecular weight excluding hydrogens is 300 g/mol. The van der Waals surface area contributed by atoms with Crippen LogP contribution in [0, 0.1) is 6.92 Å². The molecule has 1 amide bonds. The average Bonchev–Trinajstić information content (AvgIpc) is 2.63. The zero-order valence-corrected chi connectivity index (χ0v) is 14.1. The average molecular weight is 324 g/mol. The summed E-state index contributed by atoms with van der Waals surface area (Å²) in [5.74, 6) is 0.127. The highest BCUT2D eigenvalue weighted by Crippen LogP contribution is 2.13. The predicted octanol–water partition coefficient (Wildman–Crippen LogP) is 2.45. The number of carbonyl (C=O) groups is 1. The number of carbonyl (C=O) groups excluding carboxylic acids is 1. The number of nitrogens with zero attached hydrogens (tertiary/aromatic N) is 2. The maximum absolute atomic E-state index is 12.5. The van der Waals surface area contributed by atoms with Gasteiger partial charge < -0.3 is 10.0 Å². The van der Waals surface area contributed by atoms with E-state index in [2.05, 4.69) is 17.0 Å². The molecule has 2 aromatic carbocycles. The lowest BCUT2D eigenvalue weighted by Gasteiger charge is -2.34. The molecule has 0 bridgehead atoms. The van der Waals surface area contributed by atoms with Crippen molar-refractivity contribution in [2.75, 3.05) is 26.2 Å². The molecule has 4 heteroatoms. The normalized spacial score (nSPS) is 15.5. The number of aliphatic hydroxyl groups excluding tert-OH is 1. The largest absolute Gasteiger partial charge is 0.392 e. The maximum atomic E-state index is 12.5. The second-order valence-corrected chi connectivity index (χ2v) is 6.41. The Morgan fingerprint density at radius 1 is 0.917 bits per heavy atom. The third-order valence-electron chi connectivity index (χ3n) is 4.57. The topological polar surface area (TPSA) is 43.8 Å². The molecule has 1 heterocycles. The van der Waals surface area contributed by atoms with Crippen LogP contribution in [0.2, 0.25) is 0 Å². The summed E-state index contributed by atoms with van der Waals surface area (Å²) in [5, 5.41) is 9.09. The number of piperazine rings is 1. The second-order valence-electron chi connectivity index (χ2n) is 6.41. The lowest BCUT2D eigenvalue weighted by molar-refractivity contribution is 0.0628. The minimum atomic E-state index is 0.0834. The van der Waals surface area contributed by atoms with Gasteiger partial charge >= 0.3 is 0 Å². The molecule has 1 aliphatic rings. The molecule has 1 saturated heterocycles. The van der Waals surface area contributed by atoms with E-state index in [1.165, 1.54) is 11.1 Å². The predicted molar refractivity (Wildman–Crippen MR) is 94.7 cm³/mol. The monoisotopic (exact) mass is 324 g/mol. The summed E-state index contributed by atoms with van der Waals surface area (Å²) >= 11 is 0. The first-order valence-corrected chi connectivity index (χ1v) is 8.42. The molecule has 0 atom stereocenters. The fourth-order valence-electron chi connectivity index (χ4n) is 3.00. The van der Waals surface area contributed by atoms with Gasteiger partial charge in [0.25, 0.3) is 5.91 Å². The van der Waals surface area contributed by atoms with Gasteiger partial charge in [-0.1, -0.05) is 42.0 Å². The molecule has 126 valence electrons. The Balaban J connectivity index is 1.53. The maximum Gasteiger partial charge on any atom is 0.253 e. The van der Waals surface area contributed by atoms with Gasteiger partial charge in [0.05, 0.1) is 6.61 Å². The summed E-state index contributed by atoms with van der Waals surface area (Å²) in [6, 6.07) is 15.8. The quantitative estimate of drug-likeness (QED) is 0.939. The molecule has 2 aromatic rings. The minimum Gasteiger partial charge on any atom is -0.392 e. The van der Waals surface area contributed by atoms with Crippen molar-refractivity contribution in [3.05, 3.63) is 70.8 Å². The number of aryl methyl sites for hydroxylation is 1. The van der Waals surface area contributed by atoms with Crippen LogP contribution in [0.5, 0.6) is 0 Å². The fourth-order valence-corrected chi connectivity index (χ4v) is 3.00. The van der Waals surface area contributed by atoms with Gasteiger partial charge in [0.1, 0.15) is 0 Å². The second kappa shape index (κ2) is 7.60. The first kappa shape index (κ1) is 16.7. The molecule has 0 radical (unpaired) electrons. The summed E-state index contributed by atoms with van der Waals surface area (Å²) in [6.45, 7) is 6.31. The highest BCUT2D eigenvalue weighted by Gasteiger charge is 2.22. The molecule has 24 heavy (non-hydrogen) atoms.